The average Bonchev–Trinajstić information content (AvgIpc) is 2.39. The van der Waals surface area contributed by atoms with E-state index >= 15 is 0 Å². The standard InChI is InChI=1S/C16H21ClN2/c1-11(2)14-5-3-4-6-16(14)19-13-8-7-12(10-18)15(17)9-13/h7-9,11,14,16,19H,3-6H2,1-2H3. The summed E-state index contributed by atoms with van der Waals surface area (Å²) >= 11 is 6.08. The lowest BCUT2D eigenvalue weighted by molar-refractivity contribution is 0.254. The zero-order valence-electron chi connectivity index (χ0n) is 11.6. The third-order valence-corrected chi connectivity index (χ3v) is 4.43. The Labute approximate surface area is 120 Å². The highest BCUT2D eigenvalue weighted by atomic mass is 35.5. The second kappa shape index (κ2) is 6.30. The van der Waals surface area contributed by atoms with Crippen molar-refractivity contribution in [2.75, 3.05) is 5.32 Å². The van der Waals surface area contributed by atoms with E-state index in [1.165, 1.54) is 25.7 Å². The first kappa shape index (κ1) is 14.2. The molecule has 1 fully saturated rings. The van der Waals surface area contributed by atoms with Gasteiger partial charge in [0.25, 0.3) is 0 Å². The van der Waals surface area contributed by atoms with Crippen LogP contribution in [0, 0.1) is 23.2 Å². The molecule has 0 heterocycles. The van der Waals surface area contributed by atoms with Crippen molar-refractivity contribution < 1.29 is 0 Å². The highest BCUT2D eigenvalue weighted by Gasteiger charge is 2.27. The fourth-order valence-corrected chi connectivity index (χ4v) is 3.27. The smallest absolute Gasteiger partial charge is 0.101 e. The predicted octanol–water partition coefficient (Wildman–Crippen LogP) is 4.84. The van der Waals surface area contributed by atoms with Crippen molar-refractivity contribution >= 4 is 17.3 Å². The zero-order chi connectivity index (χ0) is 13.8. The number of nitrogens with zero attached hydrogens (tertiary/aromatic N) is 1. The number of nitrogens with one attached hydrogen (secondary N) is 1. The van der Waals surface area contributed by atoms with E-state index < -0.39 is 0 Å². The second-order valence-corrected chi connectivity index (χ2v) is 6.16. The number of halogens is 1. The van der Waals surface area contributed by atoms with Crippen molar-refractivity contribution in [1.29, 1.82) is 5.26 Å². The predicted molar refractivity (Wildman–Crippen MR) is 80.4 cm³/mol. The molecule has 0 aliphatic heterocycles. The zero-order valence-corrected chi connectivity index (χ0v) is 12.4. The number of anilines is 1. The van der Waals surface area contributed by atoms with E-state index in [4.69, 9.17) is 16.9 Å². The summed E-state index contributed by atoms with van der Waals surface area (Å²) in [6, 6.07) is 8.23. The maximum absolute atomic E-state index is 8.89. The van der Waals surface area contributed by atoms with Crippen LogP contribution in [0.1, 0.15) is 45.1 Å². The van der Waals surface area contributed by atoms with Crippen molar-refractivity contribution in [3.63, 3.8) is 0 Å². The fraction of sp³-hybridized carbons (Fsp3) is 0.562. The van der Waals surface area contributed by atoms with E-state index in [-0.39, 0.29) is 0 Å². The molecule has 0 amide bonds. The van der Waals surface area contributed by atoms with Crippen molar-refractivity contribution in [3.8, 4) is 6.07 Å². The number of hydrogen-bond donors (Lipinski definition) is 1. The van der Waals surface area contributed by atoms with Gasteiger partial charge in [-0.2, -0.15) is 5.26 Å². The molecule has 2 atom stereocenters. The number of rotatable bonds is 3. The van der Waals surface area contributed by atoms with Gasteiger partial charge in [-0.15, -0.1) is 0 Å². The molecule has 2 rings (SSSR count). The summed E-state index contributed by atoms with van der Waals surface area (Å²) in [6.07, 6.45) is 5.17. The summed E-state index contributed by atoms with van der Waals surface area (Å²) in [5.41, 5.74) is 1.57. The lowest BCUT2D eigenvalue weighted by atomic mass is 9.78. The Morgan fingerprint density at radius 3 is 2.68 bits per heavy atom. The van der Waals surface area contributed by atoms with Gasteiger partial charge >= 0.3 is 0 Å². The van der Waals surface area contributed by atoms with Crippen molar-refractivity contribution in [2.24, 2.45) is 11.8 Å². The van der Waals surface area contributed by atoms with Crippen LogP contribution in [0.25, 0.3) is 0 Å². The molecule has 1 N–H and O–H groups in total. The number of nitriles is 1. The number of benzene rings is 1. The minimum atomic E-state index is 0.526. The summed E-state index contributed by atoms with van der Waals surface area (Å²) in [6.45, 7) is 4.60. The molecule has 0 radical (unpaired) electrons. The van der Waals surface area contributed by atoms with Crippen LogP contribution in [-0.2, 0) is 0 Å². The van der Waals surface area contributed by atoms with E-state index in [2.05, 4.69) is 25.2 Å². The molecule has 0 saturated heterocycles. The number of hydrogen-bond acceptors (Lipinski definition) is 2. The van der Waals surface area contributed by atoms with Gasteiger partial charge in [-0.25, -0.2) is 0 Å². The highest BCUT2D eigenvalue weighted by molar-refractivity contribution is 6.32. The quantitative estimate of drug-likeness (QED) is 0.857. The van der Waals surface area contributed by atoms with E-state index in [1.807, 2.05) is 12.1 Å². The van der Waals surface area contributed by atoms with Crippen LogP contribution in [0.5, 0.6) is 0 Å². The molecule has 0 bridgehead atoms. The topological polar surface area (TPSA) is 35.8 Å². The van der Waals surface area contributed by atoms with Crippen LogP contribution in [0.2, 0.25) is 5.02 Å². The van der Waals surface area contributed by atoms with Crippen LogP contribution in [0.4, 0.5) is 5.69 Å². The first-order valence-corrected chi connectivity index (χ1v) is 7.46. The SMILES string of the molecule is CC(C)C1CCCCC1Nc1ccc(C#N)c(Cl)c1. The van der Waals surface area contributed by atoms with Crippen molar-refractivity contribution in [3.05, 3.63) is 28.8 Å². The Morgan fingerprint density at radius 1 is 1.32 bits per heavy atom. The molecule has 1 aromatic carbocycles. The summed E-state index contributed by atoms with van der Waals surface area (Å²) in [5, 5.41) is 13.0. The molecule has 2 nitrogen and oxygen atoms in total. The third-order valence-electron chi connectivity index (χ3n) is 4.12. The Morgan fingerprint density at radius 2 is 2.05 bits per heavy atom. The second-order valence-electron chi connectivity index (χ2n) is 5.75. The molecule has 0 spiro atoms. The Balaban J connectivity index is 2.11. The van der Waals surface area contributed by atoms with Gasteiger partial charge in [0.15, 0.2) is 0 Å². The van der Waals surface area contributed by atoms with Gasteiger partial charge in [0, 0.05) is 11.7 Å². The maximum Gasteiger partial charge on any atom is 0.101 e. The first-order chi connectivity index (χ1) is 9.11. The minimum Gasteiger partial charge on any atom is -0.382 e. The molecule has 1 saturated carbocycles. The Hall–Kier alpha value is -1.20. The van der Waals surface area contributed by atoms with Crippen LogP contribution < -0.4 is 5.32 Å². The third kappa shape index (κ3) is 3.42. The van der Waals surface area contributed by atoms with Crippen molar-refractivity contribution in [2.45, 2.75) is 45.6 Å². The average molecular weight is 277 g/mol. The van der Waals surface area contributed by atoms with Gasteiger partial charge in [-0.1, -0.05) is 38.3 Å². The van der Waals surface area contributed by atoms with Gasteiger partial charge in [-0.3, -0.25) is 0 Å². The van der Waals surface area contributed by atoms with Crippen LogP contribution in [-0.4, -0.2) is 6.04 Å². The van der Waals surface area contributed by atoms with Crippen molar-refractivity contribution in [1.82, 2.24) is 0 Å². The molecular weight excluding hydrogens is 256 g/mol. The summed E-state index contributed by atoms with van der Waals surface area (Å²) in [7, 11) is 0. The normalized spacial score (nSPS) is 23.1. The highest BCUT2D eigenvalue weighted by Crippen LogP contribution is 2.33. The lowest BCUT2D eigenvalue weighted by Gasteiger charge is -2.35. The van der Waals surface area contributed by atoms with Gasteiger partial charge < -0.3 is 5.32 Å². The van der Waals surface area contributed by atoms with E-state index in [0.717, 1.165) is 11.6 Å². The Kier molecular flexibility index (Phi) is 4.71. The molecule has 2 unspecified atom stereocenters. The summed E-state index contributed by atoms with van der Waals surface area (Å²) in [5.74, 6) is 1.43. The van der Waals surface area contributed by atoms with E-state index in [1.54, 1.807) is 6.07 Å². The fourth-order valence-electron chi connectivity index (χ4n) is 3.05. The van der Waals surface area contributed by atoms with Crippen LogP contribution >= 0.6 is 11.6 Å². The molecule has 0 aromatic heterocycles. The van der Waals surface area contributed by atoms with Crippen LogP contribution in [0.15, 0.2) is 18.2 Å². The lowest BCUT2D eigenvalue weighted by Crippen LogP contribution is -2.35. The minimum absolute atomic E-state index is 0.526. The van der Waals surface area contributed by atoms with Gasteiger partial charge in [-0.05, 0) is 42.9 Å². The first-order valence-electron chi connectivity index (χ1n) is 7.08. The van der Waals surface area contributed by atoms with Gasteiger partial charge in [0.2, 0.25) is 0 Å². The largest absolute Gasteiger partial charge is 0.382 e. The molecule has 19 heavy (non-hydrogen) atoms. The molecule has 3 heteroatoms. The molecular formula is C16H21ClN2. The summed E-state index contributed by atoms with van der Waals surface area (Å²) in [4.78, 5) is 0. The van der Waals surface area contributed by atoms with Gasteiger partial charge in [0.1, 0.15) is 6.07 Å². The van der Waals surface area contributed by atoms with Crippen LogP contribution in [0.3, 0.4) is 0 Å². The summed E-state index contributed by atoms with van der Waals surface area (Å²) < 4.78 is 0. The molecule has 1 aromatic rings. The van der Waals surface area contributed by atoms with E-state index in [0.29, 0.717) is 22.5 Å². The molecule has 102 valence electrons. The maximum atomic E-state index is 8.89. The molecule has 1 aliphatic rings. The van der Waals surface area contributed by atoms with Gasteiger partial charge in [0.05, 0.1) is 10.6 Å². The Bertz CT molecular complexity index is 476. The monoisotopic (exact) mass is 276 g/mol. The van der Waals surface area contributed by atoms with E-state index in [9.17, 15) is 0 Å². The molecule has 1 aliphatic carbocycles.